The quantitative estimate of drug-likeness (QED) is 0.576. The fourth-order valence-corrected chi connectivity index (χ4v) is 3.42. The Morgan fingerprint density at radius 2 is 1.82 bits per heavy atom. The van der Waals surface area contributed by atoms with Crippen LogP contribution in [0.25, 0.3) is 5.69 Å². The zero-order valence-corrected chi connectivity index (χ0v) is 16.6. The number of anilines is 1. The molecule has 0 spiro atoms. The van der Waals surface area contributed by atoms with Crippen molar-refractivity contribution < 1.29 is 31.1 Å². The minimum absolute atomic E-state index is 0.0296. The van der Waals surface area contributed by atoms with Gasteiger partial charge in [-0.25, -0.2) is 23.1 Å². The van der Waals surface area contributed by atoms with E-state index in [4.69, 9.17) is 0 Å². The highest BCUT2D eigenvalue weighted by Crippen LogP contribution is 2.36. The van der Waals surface area contributed by atoms with Gasteiger partial charge in [0.1, 0.15) is 17.5 Å². The first kappa shape index (κ1) is 22.5. The molecule has 1 atom stereocenters. The first-order chi connectivity index (χ1) is 15.6. The van der Waals surface area contributed by atoms with Gasteiger partial charge in [-0.05, 0) is 12.1 Å². The van der Waals surface area contributed by atoms with Crippen LogP contribution in [-0.4, -0.2) is 60.8 Å². The second-order valence-corrected chi connectivity index (χ2v) is 7.18. The average molecular weight is 471 g/mol. The molecule has 1 aromatic carbocycles. The lowest BCUT2D eigenvalue weighted by molar-refractivity contribution is -0.138. The Balaban J connectivity index is 1.56. The van der Waals surface area contributed by atoms with E-state index in [0.29, 0.717) is 12.4 Å². The third-order valence-electron chi connectivity index (χ3n) is 5.07. The van der Waals surface area contributed by atoms with Crippen LogP contribution in [0.5, 0.6) is 0 Å². The zero-order valence-electron chi connectivity index (χ0n) is 16.6. The maximum Gasteiger partial charge on any atom is 0.419 e. The van der Waals surface area contributed by atoms with Gasteiger partial charge < -0.3 is 10.2 Å². The maximum atomic E-state index is 14.6. The van der Waals surface area contributed by atoms with Gasteiger partial charge in [0.15, 0.2) is 0 Å². The molecule has 1 unspecified atom stereocenters. The number of benzene rings is 1. The second kappa shape index (κ2) is 8.33. The molecular weight excluding hydrogens is 456 g/mol. The Bertz CT molecular complexity index is 1130. The van der Waals surface area contributed by atoms with Gasteiger partial charge in [-0.15, -0.1) is 0 Å². The standard InChI is InChI=1S/C19H15F6N7O/c20-12-1-2-13(14(7-12)32-29-4-5-30-32)16(33)31-6-3-18(21,22)15(31)10-28-17-26-8-11(9-27-17)19(23,24)25/h1-2,4-5,7-9,15H,3,6,10H2,(H,26,27,28). The Hall–Kier alpha value is -3.71. The highest BCUT2D eigenvalue weighted by molar-refractivity contribution is 5.98. The number of likely N-dealkylation sites (tertiary alicyclic amines) is 1. The lowest BCUT2D eigenvalue weighted by Gasteiger charge is -2.28. The summed E-state index contributed by atoms with van der Waals surface area (Å²) in [5.41, 5.74) is -1.22. The molecule has 1 saturated heterocycles. The molecule has 3 aromatic rings. The topological polar surface area (TPSA) is 88.8 Å². The smallest absolute Gasteiger partial charge is 0.352 e. The summed E-state index contributed by atoms with van der Waals surface area (Å²) >= 11 is 0. The monoisotopic (exact) mass is 471 g/mol. The van der Waals surface area contributed by atoms with Crippen molar-refractivity contribution in [2.75, 3.05) is 18.4 Å². The Morgan fingerprint density at radius 1 is 1.15 bits per heavy atom. The average Bonchev–Trinajstić information content (AvgIpc) is 3.39. The van der Waals surface area contributed by atoms with Crippen LogP contribution >= 0.6 is 0 Å². The van der Waals surface area contributed by atoms with Crippen molar-refractivity contribution >= 4 is 11.9 Å². The van der Waals surface area contributed by atoms with Crippen LogP contribution in [0.2, 0.25) is 0 Å². The Labute approximate surface area is 182 Å². The van der Waals surface area contributed by atoms with Crippen LogP contribution in [0.3, 0.4) is 0 Å². The van der Waals surface area contributed by atoms with Gasteiger partial charge in [-0.3, -0.25) is 4.79 Å². The van der Waals surface area contributed by atoms with Crippen molar-refractivity contribution in [3.63, 3.8) is 0 Å². The van der Waals surface area contributed by atoms with Crippen LogP contribution in [-0.2, 0) is 6.18 Å². The minimum Gasteiger partial charge on any atom is -0.352 e. The van der Waals surface area contributed by atoms with Gasteiger partial charge in [0, 0.05) is 38.0 Å². The van der Waals surface area contributed by atoms with E-state index >= 15 is 0 Å². The van der Waals surface area contributed by atoms with Crippen LogP contribution in [0, 0.1) is 5.82 Å². The highest BCUT2D eigenvalue weighted by Gasteiger charge is 2.51. The molecule has 33 heavy (non-hydrogen) atoms. The number of rotatable bonds is 5. The molecule has 0 aliphatic carbocycles. The van der Waals surface area contributed by atoms with Crippen LogP contribution in [0.4, 0.5) is 32.3 Å². The van der Waals surface area contributed by atoms with E-state index in [2.05, 4.69) is 25.5 Å². The summed E-state index contributed by atoms with van der Waals surface area (Å²) in [6.45, 7) is -0.823. The van der Waals surface area contributed by atoms with Crippen LogP contribution in [0.15, 0.2) is 43.0 Å². The number of carbonyl (C=O) groups is 1. The van der Waals surface area contributed by atoms with Crippen molar-refractivity contribution in [3.05, 3.63) is 59.9 Å². The lowest BCUT2D eigenvalue weighted by atomic mass is 10.1. The minimum atomic E-state index is -4.64. The van der Waals surface area contributed by atoms with Crippen molar-refractivity contribution in [3.8, 4) is 5.69 Å². The summed E-state index contributed by atoms with van der Waals surface area (Å²) in [4.78, 5) is 22.0. The van der Waals surface area contributed by atoms with E-state index in [1.54, 1.807) is 0 Å². The molecule has 174 valence electrons. The van der Waals surface area contributed by atoms with Crippen LogP contribution < -0.4 is 5.32 Å². The molecule has 1 amide bonds. The van der Waals surface area contributed by atoms with Crippen molar-refractivity contribution in [1.82, 2.24) is 29.9 Å². The van der Waals surface area contributed by atoms with E-state index in [0.717, 1.165) is 27.9 Å². The molecule has 1 aliphatic heterocycles. The van der Waals surface area contributed by atoms with E-state index in [-0.39, 0.29) is 23.7 Å². The van der Waals surface area contributed by atoms with Gasteiger partial charge in [0.25, 0.3) is 11.8 Å². The molecule has 1 N–H and O–H groups in total. The van der Waals surface area contributed by atoms with Gasteiger partial charge in [0.2, 0.25) is 5.95 Å². The summed E-state index contributed by atoms with van der Waals surface area (Å²) in [6, 6.07) is 1.51. The SMILES string of the molecule is O=C(c1ccc(F)cc1-n1nccn1)N1CCC(F)(F)C1CNc1ncc(C(F)(F)F)cn1. The summed E-state index contributed by atoms with van der Waals surface area (Å²) < 4.78 is 80.9. The summed E-state index contributed by atoms with van der Waals surface area (Å²) in [5.74, 6) is -5.08. The summed E-state index contributed by atoms with van der Waals surface area (Å²) in [6.07, 6.45) is -1.62. The molecule has 1 aliphatic rings. The third kappa shape index (κ3) is 4.59. The molecule has 3 heterocycles. The van der Waals surface area contributed by atoms with E-state index in [1.807, 2.05) is 0 Å². The van der Waals surface area contributed by atoms with Crippen molar-refractivity contribution in [2.24, 2.45) is 0 Å². The first-order valence-corrected chi connectivity index (χ1v) is 9.54. The fourth-order valence-electron chi connectivity index (χ4n) is 3.42. The largest absolute Gasteiger partial charge is 0.419 e. The summed E-state index contributed by atoms with van der Waals surface area (Å²) in [7, 11) is 0. The molecule has 1 fully saturated rings. The molecule has 14 heteroatoms. The molecule has 8 nitrogen and oxygen atoms in total. The van der Waals surface area contributed by atoms with Crippen LogP contribution in [0.1, 0.15) is 22.3 Å². The lowest BCUT2D eigenvalue weighted by Crippen LogP contribution is -2.47. The van der Waals surface area contributed by atoms with Gasteiger partial charge >= 0.3 is 6.18 Å². The predicted molar refractivity (Wildman–Crippen MR) is 101 cm³/mol. The normalized spacial score (nSPS) is 17.9. The van der Waals surface area contributed by atoms with Gasteiger partial charge in [-0.1, -0.05) is 0 Å². The van der Waals surface area contributed by atoms with E-state index < -0.39 is 48.4 Å². The maximum absolute atomic E-state index is 14.6. The number of hydrogen-bond acceptors (Lipinski definition) is 6. The fraction of sp³-hybridized carbons (Fsp3) is 0.316. The molecule has 0 radical (unpaired) electrons. The van der Waals surface area contributed by atoms with E-state index in [1.165, 1.54) is 12.4 Å². The molecule has 4 rings (SSSR count). The number of nitrogens with zero attached hydrogens (tertiary/aromatic N) is 6. The number of amides is 1. The number of halogens is 6. The number of hydrogen-bond donors (Lipinski definition) is 1. The molecule has 2 aromatic heterocycles. The third-order valence-corrected chi connectivity index (χ3v) is 5.07. The zero-order chi connectivity index (χ0) is 23.8. The molecule has 0 saturated carbocycles. The predicted octanol–water partition coefficient (Wildman–Crippen LogP) is 3.18. The second-order valence-electron chi connectivity index (χ2n) is 7.18. The number of alkyl halides is 5. The number of aromatic nitrogens is 5. The van der Waals surface area contributed by atoms with Gasteiger partial charge in [0.05, 0.1) is 23.5 Å². The molecule has 0 bridgehead atoms. The summed E-state index contributed by atoms with van der Waals surface area (Å²) in [5, 5.41) is 10.2. The number of carbonyl (C=O) groups excluding carboxylic acids is 1. The number of nitrogens with one attached hydrogen (secondary N) is 1. The first-order valence-electron chi connectivity index (χ1n) is 9.54. The molecular formula is C19H15F6N7O. The Morgan fingerprint density at radius 3 is 2.45 bits per heavy atom. The van der Waals surface area contributed by atoms with E-state index in [9.17, 15) is 31.1 Å². The van der Waals surface area contributed by atoms with Crippen molar-refractivity contribution in [1.29, 1.82) is 0 Å². The Kier molecular flexibility index (Phi) is 5.68. The highest BCUT2D eigenvalue weighted by atomic mass is 19.4. The van der Waals surface area contributed by atoms with Crippen molar-refractivity contribution in [2.45, 2.75) is 24.6 Å². The van der Waals surface area contributed by atoms with Gasteiger partial charge in [-0.2, -0.15) is 28.2 Å².